The van der Waals surface area contributed by atoms with Crippen LogP contribution in [-0.2, 0) is 4.74 Å². The molecule has 1 aromatic heterocycles. The lowest BCUT2D eigenvalue weighted by atomic mass is 10.2. The van der Waals surface area contributed by atoms with Gasteiger partial charge in [-0.1, -0.05) is 0 Å². The van der Waals surface area contributed by atoms with Gasteiger partial charge in [0.25, 0.3) is 5.91 Å². The van der Waals surface area contributed by atoms with Gasteiger partial charge in [0.15, 0.2) is 0 Å². The topological polar surface area (TPSA) is 54.5 Å². The largest absolute Gasteiger partial charge is 0.374 e. The molecule has 1 fully saturated rings. The highest BCUT2D eigenvalue weighted by molar-refractivity contribution is 9.10. The number of halogens is 1. The average molecular weight is 314 g/mol. The number of carbonyl (C=O) groups is 1. The summed E-state index contributed by atoms with van der Waals surface area (Å²) < 4.78 is 6.38. The molecule has 0 spiro atoms. The molecule has 0 radical (unpaired) electrons. The van der Waals surface area contributed by atoms with Crippen LogP contribution in [-0.4, -0.2) is 55.2 Å². The van der Waals surface area contributed by atoms with E-state index in [2.05, 4.69) is 26.2 Å². The van der Waals surface area contributed by atoms with E-state index < -0.39 is 0 Å². The number of ether oxygens (including phenoxy) is 1. The standard InChI is InChI=1S/C12H16BrN3O2/c1-16(8-11-7-14-2-3-18-11)12(17)9-4-10(13)6-15-5-9/h4-6,11,14H,2-3,7-8H2,1H3. The maximum atomic E-state index is 12.2. The quantitative estimate of drug-likeness (QED) is 0.901. The van der Waals surface area contributed by atoms with Crippen molar-refractivity contribution in [2.75, 3.05) is 33.3 Å². The number of likely N-dealkylation sites (N-methyl/N-ethyl adjacent to an activating group) is 1. The fraction of sp³-hybridized carbons (Fsp3) is 0.500. The zero-order valence-electron chi connectivity index (χ0n) is 10.2. The van der Waals surface area contributed by atoms with E-state index in [1.807, 2.05) is 0 Å². The summed E-state index contributed by atoms with van der Waals surface area (Å²) in [6.45, 7) is 2.95. The van der Waals surface area contributed by atoms with Crippen LogP contribution in [0.5, 0.6) is 0 Å². The first-order chi connectivity index (χ1) is 8.66. The number of hydrogen-bond donors (Lipinski definition) is 1. The van der Waals surface area contributed by atoms with Crippen molar-refractivity contribution in [1.29, 1.82) is 0 Å². The smallest absolute Gasteiger partial charge is 0.255 e. The van der Waals surface area contributed by atoms with Crippen LogP contribution in [0.3, 0.4) is 0 Å². The summed E-state index contributed by atoms with van der Waals surface area (Å²) in [5, 5.41) is 3.25. The number of aromatic nitrogens is 1. The minimum Gasteiger partial charge on any atom is -0.374 e. The van der Waals surface area contributed by atoms with Crippen molar-refractivity contribution in [2.45, 2.75) is 6.10 Å². The summed E-state index contributed by atoms with van der Waals surface area (Å²) in [4.78, 5) is 17.8. The van der Waals surface area contributed by atoms with Gasteiger partial charge in [-0.05, 0) is 22.0 Å². The molecule has 5 nitrogen and oxygen atoms in total. The van der Waals surface area contributed by atoms with Crippen molar-refractivity contribution in [1.82, 2.24) is 15.2 Å². The number of amides is 1. The molecule has 1 N–H and O–H groups in total. The van der Waals surface area contributed by atoms with Gasteiger partial charge in [-0.25, -0.2) is 0 Å². The Labute approximate surface area is 115 Å². The second kappa shape index (κ2) is 6.26. The monoisotopic (exact) mass is 313 g/mol. The lowest BCUT2D eigenvalue weighted by Crippen LogP contribution is -2.45. The summed E-state index contributed by atoms with van der Waals surface area (Å²) in [5.41, 5.74) is 0.579. The SMILES string of the molecule is CN(CC1CNCCO1)C(=O)c1cncc(Br)c1. The Morgan fingerprint density at radius 2 is 2.50 bits per heavy atom. The maximum Gasteiger partial charge on any atom is 0.255 e. The Bertz CT molecular complexity index is 422. The molecule has 0 bridgehead atoms. The van der Waals surface area contributed by atoms with Crippen molar-refractivity contribution in [2.24, 2.45) is 0 Å². The normalized spacial score (nSPS) is 19.6. The van der Waals surface area contributed by atoms with Gasteiger partial charge >= 0.3 is 0 Å². The Balaban J connectivity index is 1.95. The minimum absolute atomic E-state index is 0.0435. The molecule has 1 aromatic rings. The summed E-state index contributed by atoms with van der Waals surface area (Å²) in [5.74, 6) is -0.0435. The molecule has 1 atom stereocenters. The van der Waals surface area contributed by atoms with Crippen LogP contribution >= 0.6 is 15.9 Å². The summed E-state index contributed by atoms with van der Waals surface area (Å²) >= 11 is 3.31. The predicted octanol–water partition coefficient (Wildman–Crippen LogP) is 0.905. The molecule has 2 heterocycles. The highest BCUT2D eigenvalue weighted by atomic mass is 79.9. The molecule has 0 aromatic carbocycles. The molecule has 1 unspecified atom stereocenters. The van der Waals surface area contributed by atoms with E-state index in [0.717, 1.165) is 17.6 Å². The van der Waals surface area contributed by atoms with Crippen LogP contribution in [0.25, 0.3) is 0 Å². The van der Waals surface area contributed by atoms with Gasteiger partial charge in [0.05, 0.1) is 18.3 Å². The molecule has 1 aliphatic rings. The molecule has 0 aliphatic carbocycles. The third-order valence-electron chi connectivity index (χ3n) is 2.78. The van der Waals surface area contributed by atoms with Gasteiger partial charge in [-0.15, -0.1) is 0 Å². The molecule has 18 heavy (non-hydrogen) atoms. The van der Waals surface area contributed by atoms with Crippen molar-refractivity contribution in [3.63, 3.8) is 0 Å². The molecule has 2 rings (SSSR count). The fourth-order valence-corrected chi connectivity index (χ4v) is 2.24. The molecular formula is C12H16BrN3O2. The zero-order valence-corrected chi connectivity index (χ0v) is 11.8. The molecular weight excluding hydrogens is 298 g/mol. The summed E-state index contributed by atoms with van der Waals surface area (Å²) in [6, 6.07) is 1.77. The number of carbonyl (C=O) groups excluding carboxylic acids is 1. The van der Waals surface area contributed by atoms with E-state index in [-0.39, 0.29) is 12.0 Å². The molecule has 1 amide bonds. The third kappa shape index (κ3) is 3.51. The van der Waals surface area contributed by atoms with E-state index >= 15 is 0 Å². The van der Waals surface area contributed by atoms with Crippen LogP contribution in [0.15, 0.2) is 22.9 Å². The van der Waals surface area contributed by atoms with Gasteiger partial charge in [-0.3, -0.25) is 9.78 Å². The van der Waals surface area contributed by atoms with Crippen molar-refractivity contribution < 1.29 is 9.53 Å². The van der Waals surface area contributed by atoms with Gasteiger partial charge in [-0.2, -0.15) is 0 Å². The van der Waals surface area contributed by atoms with E-state index in [1.54, 1.807) is 30.4 Å². The number of hydrogen-bond acceptors (Lipinski definition) is 4. The molecule has 1 saturated heterocycles. The maximum absolute atomic E-state index is 12.2. The van der Waals surface area contributed by atoms with Gasteiger partial charge in [0.2, 0.25) is 0 Å². The van der Waals surface area contributed by atoms with Crippen LogP contribution in [0.2, 0.25) is 0 Å². The van der Waals surface area contributed by atoms with Crippen LogP contribution < -0.4 is 5.32 Å². The number of nitrogens with zero attached hydrogens (tertiary/aromatic N) is 2. The fourth-order valence-electron chi connectivity index (χ4n) is 1.87. The molecule has 1 aliphatic heterocycles. The van der Waals surface area contributed by atoms with Crippen molar-refractivity contribution >= 4 is 21.8 Å². The summed E-state index contributed by atoms with van der Waals surface area (Å²) in [6.07, 6.45) is 3.29. The first-order valence-electron chi connectivity index (χ1n) is 5.85. The lowest BCUT2D eigenvalue weighted by Gasteiger charge is -2.28. The highest BCUT2D eigenvalue weighted by Crippen LogP contribution is 2.11. The van der Waals surface area contributed by atoms with Crippen molar-refractivity contribution in [3.05, 3.63) is 28.5 Å². The number of rotatable bonds is 3. The minimum atomic E-state index is -0.0435. The number of morpholine rings is 1. The van der Waals surface area contributed by atoms with E-state index in [1.165, 1.54) is 0 Å². The third-order valence-corrected chi connectivity index (χ3v) is 3.21. The van der Waals surface area contributed by atoms with Crippen molar-refractivity contribution in [3.8, 4) is 0 Å². The highest BCUT2D eigenvalue weighted by Gasteiger charge is 2.19. The zero-order chi connectivity index (χ0) is 13.0. The molecule has 0 saturated carbocycles. The van der Waals surface area contributed by atoms with Gasteiger partial charge in [0, 0.05) is 43.5 Å². The van der Waals surface area contributed by atoms with E-state index in [0.29, 0.717) is 18.7 Å². The van der Waals surface area contributed by atoms with Gasteiger partial charge in [0.1, 0.15) is 0 Å². The van der Waals surface area contributed by atoms with E-state index in [4.69, 9.17) is 4.74 Å². The number of pyridine rings is 1. The first-order valence-corrected chi connectivity index (χ1v) is 6.64. The van der Waals surface area contributed by atoms with Crippen LogP contribution in [0.4, 0.5) is 0 Å². The summed E-state index contributed by atoms with van der Waals surface area (Å²) in [7, 11) is 1.78. The average Bonchev–Trinajstić information content (AvgIpc) is 2.39. The lowest BCUT2D eigenvalue weighted by molar-refractivity contribution is 0.0104. The van der Waals surface area contributed by atoms with Gasteiger partial charge < -0.3 is 15.0 Å². The second-order valence-corrected chi connectivity index (χ2v) is 5.19. The second-order valence-electron chi connectivity index (χ2n) is 4.27. The predicted molar refractivity (Wildman–Crippen MR) is 71.5 cm³/mol. The Hall–Kier alpha value is -0.980. The Kier molecular flexibility index (Phi) is 4.68. The first kappa shape index (κ1) is 13.5. The van der Waals surface area contributed by atoms with E-state index in [9.17, 15) is 4.79 Å². The Morgan fingerprint density at radius 1 is 1.67 bits per heavy atom. The number of nitrogens with one attached hydrogen (secondary N) is 1. The molecule has 98 valence electrons. The van der Waals surface area contributed by atoms with Crippen LogP contribution in [0, 0.1) is 0 Å². The molecule has 6 heteroatoms. The van der Waals surface area contributed by atoms with Crippen LogP contribution in [0.1, 0.15) is 10.4 Å². The Morgan fingerprint density at radius 3 is 3.17 bits per heavy atom.